The second kappa shape index (κ2) is 7.05. The number of amides is 1. The van der Waals surface area contributed by atoms with Crippen molar-refractivity contribution in [2.24, 2.45) is 0 Å². The van der Waals surface area contributed by atoms with E-state index in [0.29, 0.717) is 19.5 Å². The number of hydrogen-bond donors (Lipinski definition) is 3. The predicted molar refractivity (Wildman–Crippen MR) is 59.4 cm³/mol. The summed E-state index contributed by atoms with van der Waals surface area (Å²) >= 11 is 0. The van der Waals surface area contributed by atoms with E-state index in [-0.39, 0.29) is 6.54 Å². The van der Waals surface area contributed by atoms with Crippen molar-refractivity contribution in [1.29, 1.82) is 0 Å². The van der Waals surface area contributed by atoms with E-state index < -0.39 is 17.7 Å². The topological polar surface area (TPSA) is 87.7 Å². The van der Waals surface area contributed by atoms with E-state index in [1.807, 2.05) is 0 Å². The molecule has 0 aliphatic heterocycles. The molecule has 6 nitrogen and oxygen atoms in total. The number of hydrogen-bond acceptors (Lipinski definition) is 4. The zero-order chi connectivity index (χ0) is 12.6. The number of carboxylic acid groups (broad SMARTS) is 1. The molecule has 0 saturated carbocycles. The van der Waals surface area contributed by atoms with Crippen molar-refractivity contribution in [1.82, 2.24) is 10.6 Å². The van der Waals surface area contributed by atoms with Crippen LogP contribution >= 0.6 is 0 Å². The zero-order valence-corrected chi connectivity index (χ0v) is 10.0. The molecule has 0 spiro atoms. The number of carboxylic acids is 1. The van der Waals surface area contributed by atoms with Crippen molar-refractivity contribution in [2.45, 2.75) is 32.8 Å². The van der Waals surface area contributed by atoms with Crippen LogP contribution in [0.2, 0.25) is 0 Å². The lowest BCUT2D eigenvalue weighted by Gasteiger charge is -2.19. The Kier molecular flexibility index (Phi) is 6.48. The summed E-state index contributed by atoms with van der Waals surface area (Å²) in [4.78, 5) is 21.3. The normalized spacial score (nSPS) is 10.9. The molecule has 0 rings (SSSR count). The first-order chi connectivity index (χ1) is 7.31. The van der Waals surface area contributed by atoms with Crippen LogP contribution < -0.4 is 10.6 Å². The first-order valence-electron chi connectivity index (χ1n) is 5.20. The largest absolute Gasteiger partial charge is 0.480 e. The van der Waals surface area contributed by atoms with Crippen LogP contribution in [0.3, 0.4) is 0 Å². The Hall–Kier alpha value is -1.30. The highest BCUT2D eigenvalue weighted by atomic mass is 16.6. The molecule has 16 heavy (non-hydrogen) atoms. The molecule has 0 bridgehead atoms. The molecule has 0 heterocycles. The quantitative estimate of drug-likeness (QED) is 0.583. The van der Waals surface area contributed by atoms with Crippen molar-refractivity contribution < 1.29 is 19.4 Å². The third kappa shape index (κ3) is 10.8. The van der Waals surface area contributed by atoms with Gasteiger partial charge in [-0.15, -0.1) is 0 Å². The Morgan fingerprint density at radius 2 is 1.88 bits per heavy atom. The summed E-state index contributed by atoms with van der Waals surface area (Å²) < 4.78 is 5.02. The lowest BCUT2D eigenvalue weighted by atomic mass is 10.2. The number of carbonyl (C=O) groups is 2. The molecule has 0 aliphatic carbocycles. The number of rotatable bonds is 6. The van der Waals surface area contributed by atoms with Crippen molar-refractivity contribution in [3.8, 4) is 0 Å². The van der Waals surface area contributed by atoms with Gasteiger partial charge in [0.15, 0.2) is 0 Å². The predicted octanol–water partition coefficient (Wildman–Crippen LogP) is 0.575. The van der Waals surface area contributed by atoms with Crippen LogP contribution in [0.4, 0.5) is 4.79 Å². The molecule has 0 radical (unpaired) electrons. The van der Waals surface area contributed by atoms with E-state index in [4.69, 9.17) is 9.84 Å². The maximum absolute atomic E-state index is 11.2. The number of carbonyl (C=O) groups excluding carboxylic acids is 1. The van der Waals surface area contributed by atoms with Crippen molar-refractivity contribution in [2.75, 3.05) is 19.6 Å². The van der Waals surface area contributed by atoms with Gasteiger partial charge in [-0.1, -0.05) is 0 Å². The van der Waals surface area contributed by atoms with Gasteiger partial charge in [0.25, 0.3) is 0 Å². The monoisotopic (exact) mass is 232 g/mol. The van der Waals surface area contributed by atoms with Gasteiger partial charge in [0.2, 0.25) is 0 Å². The van der Waals surface area contributed by atoms with Gasteiger partial charge in [-0.2, -0.15) is 0 Å². The maximum Gasteiger partial charge on any atom is 0.407 e. The van der Waals surface area contributed by atoms with Crippen molar-refractivity contribution in [3.63, 3.8) is 0 Å². The molecule has 0 saturated heterocycles. The van der Waals surface area contributed by atoms with Gasteiger partial charge in [-0.05, 0) is 33.7 Å². The lowest BCUT2D eigenvalue weighted by molar-refractivity contribution is -0.135. The number of ether oxygens (including phenoxy) is 1. The average molecular weight is 232 g/mol. The van der Waals surface area contributed by atoms with Gasteiger partial charge in [-0.25, -0.2) is 4.79 Å². The first-order valence-corrected chi connectivity index (χ1v) is 5.20. The van der Waals surface area contributed by atoms with E-state index in [0.717, 1.165) is 0 Å². The standard InChI is InChI=1S/C10H20N2O4/c1-10(2,3)16-9(15)12-6-4-5-11-7-8(13)14/h11H,4-7H2,1-3H3,(H,12,15)(H,13,14). The fraction of sp³-hybridized carbons (Fsp3) is 0.800. The summed E-state index contributed by atoms with van der Waals surface area (Å²) in [5.41, 5.74) is -0.494. The molecule has 0 unspecified atom stereocenters. The summed E-state index contributed by atoms with van der Waals surface area (Å²) in [7, 11) is 0. The molecule has 94 valence electrons. The van der Waals surface area contributed by atoms with Gasteiger partial charge in [0, 0.05) is 6.54 Å². The average Bonchev–Trinajstić information content (AvgIpc) is 2.07. The highest BCUT2D eigenvalue weighted by Gasteiger charge is 2.15. The Bertz CT molecular complexity index is 235. The maximum atomic E-state index is 11.2. The molecule has 0 aromatic rings. The number of alkyl carbamates (subject to hydrolysis) is 1. The van der Waals surface area contributed by atoms with E-state index in [1.165, 1.54) is 0 Å². The highest BCUT2D eigenvalue weighted by molar-refractivity contribution is 5.69. The molecule has 0 aromatic heterocycles. The molecule has 0 atom stereocenters. The van der Waals surface area contributed by atoms with Crippen molar-refractivity contribution >= 4 is 12.1 Å². The SMILES string of the molecule is CC(C)(C)OC(=O)NCCCNCC(=O)O. The van der Waals surface area contributed by atoms with Gasteiger partial charge in [0.1, 0.15) is 5.60 Å². The number of aliphatic carboxylic acids is 1. The van der Waals surface area contributed by atoms with Crippen LogP contribution in [0, 0.1) is 0 Å². The highest BCUT2D eigenvalue weighted by Crippen LogP contribution is 2.06. The molecular weight excluding hydrogens is 212 g/mol. The van der Waals surface area contributed by atoms with E-state index >= 15 is 0 Å². The molecular formula is C10H20N2O4. The second-order valence-electron chi connectivity index (χ2n) is 4.35. The van der Waals surface area contributed by atoms with E-state index in [9.17, 15) is 9.59 Å². The third-order valence-electron chi connectivity index (χ3n) is 1.47. The van der Waals surface area contributed by atoms with E-state index in [1.54, 1.807) is 20.8 Å². The minimum Gasteiger partial charge on any atom is -0.480 e. The van der Waals surface area contributed by atoms with Crippen LogP contribution in [0.25, 0.3) is 0 Å². The van der Waals surface area contributed by atoms with Crippen LogP contribution in [0.15, 0.2) is 0 Å². The molecule has 0 aliphatic rings. The minimum absolute atomic E-state index is 0.0631. The first kappa shape index (κ1) is 14.7. The minimum atomic E-state index is -0.889. The molecule has 0 aromatic carbocycles. The lowest BCUT2D eigenvalue weighted by Crippen LogP contribution is -2.34. The van der Waals surface area contributed by atoms with Gasteiger partial charge in [-0.3, -0.25) is 4.79 Å². The smallest absolute Gasteiger partial charge is 0.407 e. The Morgan fingerprint density at radius 3 is 2.38 bits per heavy atom. The third-order valence-corrected chi connectivity index (χ3v) is 1.47. The second-order valence-corrected chi connectivity index (χ2v) is 4.35. The van der Waals surface area contributed by atoms with Gasteiger partial charge in [0.05, 0.1) is 6.54 Å². The summed E-state index contributed by atoms with van der Waals surface area (Å²) in [5, 5.41) is 13.6. The van der Waals surface area contributed by atoms with Crippen LogP contribution in [-0.4, -0.2) is 42.4 Å². The van der Waals surface area contributed by atoms with Crippen LogP contribution in [0.1, 0.15) is 27.2 Å². The Balaban J connectivity index is 3.38. The molecule has 1 amide bonds. The summed E-state index contributed by atoms with van der Waals surface area (Å²) in [6.07, 6.45) is 0.206. The van der Waals surface area contributed by atoms with Crippen LogP contribution in [-0.2, 0) is 9.53 Å². The number of nitrogens with one attached hydrogen (secondary N) is 2. The fourth-order valence-electron chi connectivity index (χ4n) is 0.913. The van der Waals surface area contributed by atoms with Crippen LogP contribution in [0.5, 0.6) is 0 Å². The molecule has 6 heteroatoms. The van der Waals surface area contributed by atoms with Crippen molar-refractivity contribution in [3.05, 3.63) is 0 Å². The summed E-state index contributed by atoms with van der Waals surface area (Å²) in [6, 6.07) is 0. The Labute approximate surface area is 95.4 Å². The zero-order valence-electron chi connectivity index (χ0n) is 10.0. The van der Waals surface area contributed by atoms with E-state index in [2.05, 4.69) is 10.6 Å². The Morgan fingerprint density at radius 1 is 1.25 bits per heavy atom. The van der Waals surface area contributed by atoms with Gasteiger partial charge < -0.3 is 20.5 Å². The fourth-order valence-corrected chi connectivity index (χ4v) is 0.913. The molecule has 3 N–H and O–H groups in total. The molecule has 0 fully saturated rings. The summed E-state index contributed by atoms with van der Waals surface area (Å²) in [5.74, 6) is -0.889. The van der Waals surface area contributed by atoms with Gasteiger partial charge >= 0.3 is 12.1 Å². The summed E-state index contributed by atoms with van der Waals surface area (Å²) in [6.45, 7) is 6.32.